The molecule has 0 bridgehead atoms. The van der Waals surface area contributed by atoms with E-state index in [4.69, 9.17) is 0 Å². The second-order valence-corrected chi connectivity index (χ2v) is 8.62. The van der Waals surface area contributed by atoms with Crippen LogP contribution in [-0.2, 0) is 17.1 Å². The molecule has 0 saturated heterocycles. The quantitative estimate of drug-likeness (QED) is 0.455. The predicted octanol–water partition coefficient (Wildman–Crippen LogP) is 4.01. The summed E-state index contributed by atoms with van der Waals surface area (Å²) in [6, 6.07) is 9.16. The first-order valence-corrected chi connectivity index (χ1v) is 10.9. The average Bonchev–Trinajstić information content (AvgIpc) is 3.14. The van der Waals surface area contributed by atoms with E-state index in [0.29, 0.717) is 29.0 Å². The Balaban J connectivity index is 1.64. The summed E-state index contributed by atoms with van der Waals surface area (Å²) in [4.78, 5) is 7.85. The fraction of sp³-hybridized carbons (Fsp3) is 0.0952. The van der Waals surface area contributed by atoms with Crippen LogP contribution in [0, 0.1) is 18.6 Å². The Morgan fingerprint density at radius 3 is 2.50 bits per heavy atom. The molecule has 3 heterocycles. The van der Waals surface area contributed by atoms with Gasteiger partial charge in [-0.05, 0) is 42.8 Å². The van der Waals surface area contributed by atoms with Gasteiger partial charge >= 0.3 is 0 Å². The highest BCUT2D eigenvalue weighted by molar-refractivity contribution is 7.92. The molecule has 3 aromatic heterocycles. The van der Waals surface area contributed by atoms with Crippen LogP contribution in [0.5, 0.6) is 0 Å². The van der Waals surface area contributed by atoms with Crippen molar-refractivity contribution in [2.45, 2.75) is 11.8 Å². The molecule has 0 aliphatic carbocycles. The molecule has 8 nitrogen and oxygen atoms in total. The minimum absolute atomic E-state index is 0.169. The molecule has 11 heteroatoms. The van der Waals surface area contributed by atoms with Gasteiger partial charge in [-0.1, -0.05) is 0 Å². The minimum Gasteiger partial charge on any atom is -0.323 e. The van der Waals surface area contributed by atoms with Gasteiger partial charge in [0.05, 0.1) is 11.4 Å². The Morgan fingerprint density at radius 2 is 1.78 bits per heavy atom. The first kappa shape index (κ1) is 21.4. The van der Waals surface area contributed by atoms with E-state index in [1.165, 1.54) is 0 Å². The predicted molar refractivity (Wildman–Crippen MR) is 116 cm³/mol. The lowest BCUT2D eigenvalue weighted by Gasteiger charge is -2.13. The molecule has 4 rings (SSSR count). The van der Waals surface area contributed by atoms with Crippen LogP contribution in [0.2, 0.25) is 0 Å². The fourth-order valence-corrected chi connectivity index (χ4v) is 4.15. The van der Waals surface area contributed by atoms with E-state index in [0.717, 1.165) is 17.7 Å². The van der Waals surface area contributed by atoms with Gasteiger partial charge in [-0.25, -0.2) is 22.2 Å². The van der Waals surface area contributed by atoms with E-state index < -0.39 is 26.6 Å². The molecule has 0 aliphatic rings. The first-order valence-electron chi connectivity index (χ1n) is 9.39. The Hall–Kier alpha value is -3.86. The largest absolute Gasteiger partial charge is 0.323 e. The molecule has 0 saturated carbocycles. The first-order chi connectivity index (χ1) is 15.2. The number of hydrogen-bond donors (Lipinski definition) is 2. The van der Waals surface area contributed by atoms with Crippen LogP contribution >= 0.6 is 0 Å². The van der Waals surface area contributed by atoms with Crippen LogP contribution in [0.1, 0.15) is 5.69 Å². The van der Waals surface area contributed by atoms with Crippen LogP contribution in [0.4, 0.5) is 26.1 Å². The summed E-state index contributed by atoms with van der Waals surface area (Å²) in [7, 11) is -2.50. The lowest BCUT2D eigenvalue weighted by atomic mass is 10.1. The highest BCUT2D eigenvalue weighted by Crippen LogP contribution is 2.28. The SMILES string of the molecule is Cc1ncc(-c2ccnc(Nc3ccn(C)n3)c2)cc1NS(=O)(=O)c1ccc(F)cc1F. The molecule has 2 N–H and O–H groups in total. The Morgan fingerprint density at radius 1 is 0.969 bits per heavy atom. The van der Waals surface area contributed by atoms with E-state index in [-0.39, 0.29) is 5.69 Å². The molecule has 32 heavy (non-hydrogen) atoms. The zero-order chi connectivity index (χ0) is 22.9. The number of anilines is 3. The van der Waals surface area contributed by atoms with Gasteiger partial charge in [-0.2, -0.15) is 5.10 Å². The molecular weight excluding hydrogens is 438 g/mol. The molecule has 0 atom stereocenters. The van der Waals surface area contributed by atoms with Crippen molar-refractivity contribution in [3.05, 3.63) is 78.4 Å². The van der Waals surface area contributed by atoms with Crippen molar-refractivity contribution in [3.63, 3.8) is 0 Å². The molecule has 164 valence electrons. The number of halogens is 2. The number of nitrogens with zero attached hydrogens (tertiary/aromatic N) is 4. The number of nitrogens with one attached hydrogen (secondary N) is 2. The highest BCUT2D eigenvalue weighted by atomic mass is 32.2. The van der Waals surface area contributed by atoms with Crippen LogP contribution in [0.15, 0.2) is 66.0 Å². The van der Waals surface area contributed by atoms with Crippen molar-refractivity contribution in [2.24, 2.45) is 7.05 Å². The summed E-state index contributed by atoms with van der Waals surface area (Å²) >= 11 is 0. The average molecular weight is 456 g/mol. The van der Waals surface area contributed by atoms with Crippen molar-refractivity contribution in [3.8, 4) is 11.1 Å². The zero-order valence-corrected chi connectivity index (χ0v) is 17.9. The third kappa shape index (κ3) is 4.57. The van der Waals surface area contributed by atoms with Gasteiger partial charge in [0.15, 0.2) is 5.82 Å². The fourth-order valence-electron chi connectivity index (χ4n) is 2.98. The van der Waals surface area contributed by atoms with Gasteiger partial charge in [0.2, 0.25) is 0 Å². The van der Waals surface area contributed by atoms with Crippen molar-refractivity contribution < 1.29 is 17.2 Å². The van der Waals surface area contributed by atoms with Gasteiger partial charge < -0.3 is 5.32 Å². The maximum Gasteiger partial charge on any atom is 0.264 e. The van der Waals surface area contributed by atoms with Gasteiger partial charge in [0.25, 0.3) is 10.0 Å². The van der Waals surface area contributed by atoms with E-state index in [2.05, 4.69) is 25.1 Å². The highest BCUT2D eigenvalue weighted by Gasteiger charge is 2.21. The van der Waals surface area contributed by atoms with E-state index >= 15 is 0 Å². The van der Waals surface area contributed by atoms with E-state index in [1.54, 1.807) is 61.5 Å². The monoisotopic (exact) mass is 456 g/mol. The van der Waals surface area contributed by atoms with Gasteiger partial charge in [0.1, 0.15) is 22.3 Å². The molecule has 0 amide bonds. The van der Waals surface area contributed by atoms with Crippen molar-refractivity contribution in [2.75, 3.05) is 10.0 Å². The molecular formula is C21H18F2N6O2S. The second-order valence-electron chi connectivity index (χ2n) is 6.97. The Labute approximate surface area is 183 Å². The number of pyridine rings is 2. The maximum absolute atomic E-state index is 14.0. The lowest BCUT2D eigenvalue weighted by Crippen LogP contribution is -2.16. The maximum atomic E-state index is 14.0. The molecule has 1 aromatic carbocycles. The number of aryl methyl sites for hydroxylation is 2. The topological polar surface area (TPSA) is 102 Å². The van der Waals surface area contributed by atoms with Crippen LogP contribution in [0.25, 0.3) is 11.1 Å². The molecule has 0 aliphatic heterocycles. The molecule has 0 spiro atoms. The Bertz CT molecular complexity index is 1410. The summed E-state index contributed by atoms with van der Waals surface area (Å²) in [5.74, 6) is -0.890. The number of benzene rings is 1. The van der Waals surface area contributed by atoms with Crippen molar-refractivity contribution in [1.82, 2.24) is 19.7 Å². The Kier molecular flexibility index (Phi) is 5.57. The van der Waals surface area contributed by atoms with Gasteiger partial charge in [-0.3, -0.25) is 14.4 Å². The smallest absolute Gasteiger partial charge is 0.264 e. The molecule has 0 unspecified atom stereocenters. The second kappa shape index (κ2) is 8.35. The van der Waals surface area contributed by atoms with Gasteiger partial charge in [0, 0.05) is 43.3 Å². The van der Waals surface area contributed by atoms with Crippen LogP contribution in [-0.4, -0.2) is 28.2 Å². The van der Waals surface area contributed by atoms with Crippen LogP contribution < -0.4 is 10.0 Å². The molecule has 0 fully saturated rings. The number of rotatable bonds is 6. The zero-order valence-electron chi connectivity index (χ0n) is 17.0. The van der Waals surface area contributed by atoms with Crippen molar-refractivity contribution >= 4 is 27.3 Å². The third-order valence-corrected chi connectivity index (χ3v) is 5.98. The molecule has 4 aromatic rings. The number of aromatic nitrogens is 4. The standard InChI is InChI=1S/C21H18F2N6O2S/c1-13-18(28-32(30,31)19-4-3-16(22)11-17(19)23)9-15(12-25-13)14-5-7-24-21(10-14)26-20-6-8-29(2)27-20/h3-12,28H,1-2H3,(H,24,26,27). The summed E-state index contributed by atoms with van der Waals surface area (Å²) in [5, 5.41) is 7.32. The summed E-state index contributed by atoms with van der Waals surface area (Å²) in [6.07, 6.45) is 4.97. The lowest BCUT2D eigenvalue weighted by molar-refractivity contribution is 0.551. The summed E-state index contributed by atoms with van der Waals surface area (Å²) < 4.78 is 56.5. The number of hydrogen-bond acceptors (Lipinski definition) is 6. The third-order valence-electron chi connectivity index (χ3n) is 4.58. The molecule has 0 radical (unpaired) electrons. The minimum atomic E-state index is -4.30. The van der Waals surface area contributed by atoms with Crippen molar-refractivity contribution in [1.29, 1.82) is 0 Å². The van der Waals surface area contributed by atoms with E-state index in [1.807, 2.05) is 0 Å². The van der Waals surface area contributed by atoms with Crippen LogP contribution in [0.3, 0.4) is 0 Å². The summed E-state index contributed by atoms with van der Waals surface area (Å²) in [6.45, 7) is 1.61. The van der Waals surface area contributed by atoms with Gasteiger partial charge in [-0.15, -0.1) is 0 Å². The summed E-state index contributed by atoms with van der Waals surface area (Å²) in [5.41, 5.74) is 1.89. The normalized spacial score (nSPS) is 11.4. The number of sulfonamides is 1. The van der Waals surface area contributed by atoms with E-state index in [9.17, 15) is 17.2 Å².